The number of carboxylic acids is 2. The lowest BCUT2D eigenvalue weighted by molar-refractivity contribution is -0.194. The molecule has 0 aromatic heterocycles. The van der Waals surface area contributed by atoms with E-state index in [-0.39, 0.29) is 22.9 Å². The topological polar surface area (TPSA) is 205 Å². The number of imide groups is 1. The SMILES string of the molecule is C=CCN1CC[C@]23c4c5ccc(O)c4O[C@@H]2[C@H](N2C(=O)c4ccc(F)cc4C2=O)CC[C@@]3(O)[C@H]1C5.O=C(O)C(O)C(O)C(=O)O. The van der Waals surface area contributed by atoms with Gasteiger partial charge in [-0.05, 0) is 62.1 Å². The Morgan fingerprint density at radius 1 is 1.07 bits per heavy atom. The first kappa shape index (κ1) is 30.6. The van der Waals surface area contributed by atoms with Crippen molar-refractivity contribution in [1.29, 1.82) is 0 Å². The van der Waals surface area contributed by atoms with Gasteiger partial charge in [-0.25, -0.2) is 14.0 Å². The van der Waals surface area contributed by atoms with E-state index >= 15 is 0 Å². The van der Waals surface area contributed by atoms with Gasteiger partial charge >= 0.3 is 11.9 Å². The Kier molecular flexibility index (Phi) is 7.23. The number of ether oxygens (including phenoxy) is 1. The number of aliphatic carboxylic acids is 2. The summed E-state index contributed by atoms with van der Waals surface area (Å²) in [4.78, 5) is 49.8. The second kappa shape index (κ2) is 10.6. The van der Waals surface area contributed by atoms with Gasteiger partial charge in [-0.1, -0.05) is 12.1 Å². The molecule has 1 spiro atoms. The van der Waals surface area contributed by atoms with Crippen molar-refractivity contribution in [3.8, 4) is 11.5 Å². The number of nitrogens with zero attached hydrogens (tertiary/aromatic N) is 2. The molecule has 2 amide bonds. The molecule has 2 bridgehead atoms. The number of phenols is 1. The summed E-state index contributed by atoms with van der Waals surface area (Å²) in [6.45, 7) is 5.21. The standard InChI is InChI=1S/C27H25FN2O5.C4H6O6/c1-2-10-29-11-9-26-21-14-3-6-19(31)22(21)35-23(26)18(7-8-27(26,34)20(29)12-14)30-24(32)16-5-4-15(28)13-17(16)25(30)33;5-1(3(7)8)2(6)4(9)10/h2-6,13,18,20,23,31,34H,1,7-12H2;1-2,5-6H,(H,7,8)(H,9,10)/t18-,20-,23-,26+,27-;/m1./s1. The third kappa shape index (κ3) is 4.20. The number of likely N-dealkylation sites (tertiary alicyclic amines) is 1. The number of aliphatic hydroxyl groups is 3. The Balaban J connectivity index is 0.000000311. The molecule has 3 aliphatic heterocycles. The van der Waals surface area contributed by atoms with Crippen LogP contribution in [0.3, 0.4) is 0 Å². The Bertz CT molecular complexity index is 1630. The third-order valence-corrected chi connectivity index (χ3v) is 9.92. The number of phenolic OH excluding ortho intramolecular Hbond substituents is 1. The lowest BCUT2D eigenvalue weighted by Gasteiger charge is -2.64. The zero-order valence-electron chi connectivity index (χ0n) is 23.8. The molecule has 13 nitrogen and oxygen atoms in total. The van der Waals surface area contributed by atoms with Gasteiger partial charge in [-0.15, -0.1) is 6.58 Å². The van der Waals surface area contributed by atoms with Crippen LogP contribution in [-0.4, -0.2) is 113 Å². The number of aromatic hydroxyl groups is 1. The van der Waals surface area contributed by atoms with Gasteiger partial charge in [0.25, 0.3) is 11.8 Å². The summed E-state index contributed by atoms with van der Waals surface area (Å²) >= 11 is 0. The monoisotopic (exact) mass is 626 g/mol. The fourth-order valence-electron chi connectivity index (χ4n) is 8.06. The molecule has 238 valence electrons. The molecule has 7 rings (SSSR count). The summed E-state index contributed by atoms with van der Waals surface area (Å²) in [6, 6.07) is 6.29. The first-order valence-electron chi connectivity index (χ1n) is 14.4. The molecule has 2 aromatic rings. The van der Waals surface area contributed by atoms with Gasteiger partial charge in [-0.2, -0.15) is 0 Å². The number of hydrogen-bond acceptors (Lipinski definition) is 10. The lowest BCUT2D eigenvalue weighted by atomic mass is 9.48. The smallest absolute Gasteiger partial charge is 0.335 e. The fourth-order valence-corrected chi connectivity index (χ4v) is 8.06. The van der Waals surface area contributed by atoms with Crippen LogP contribution in [0.1, 0.15) is 51.1 Å². The molecule has 14 heteroatoms. The molecular formula is C31H31FN2O11. The largest absolute Gasteiger partial charge is 0.504 e. The van der Waals surface area contributed by atoms with Crippen LogP contribution in [0.25, 0.3) is 0 Å². The molecule has 3 heterocycles. The van der Waals surface area contributed by atoms with E-state index in [0.29, 0.717) is 44.5 Å². The molecule has 5 aliphatic rings. The highest BCUT2D eigenvalue weighted by Gasteiger charge is 2.74. The highest BCUT2D eigenvalue weighted by molar-refractivity contribution is 6.21. The van der Waals surface area contributed by atoms with E-state index in [1.54, 1.807) is 6.07 Å². The summed E-state index contributed by atoms with van der Waals surface area (Å²) < 4.78 is 20.4. The number of hydrogen-bond donors (Lipinski definition) is 6. The predicted octanol–water partition coefficient (Wildman–Crippen LogP) is 0.414. The van der Waals surface area contributed by atoms with Crippen molar-refractivity contribution in [3.63, 3.8) is 0 Å². The second-order valence-corrected chi connectivity index (χ2v) is 12.0. The van der Waals surface area contributed by atoms with E-state index < -0.39 is 64.9 Å². The molecule has 0 radical (unpaired) electrons. The minimum Gasteiger partial charge on any atom is -0.504 e. The van der Waals surface area contributed by atoms with Crippen LogP contribution in [0.2, 0.25) is 0 Å². The van der Waals surface area contributed by atoms with Crippen molar-refractivity contribution in [2.45, 2.75) is 67.1 Å². The number of fused-ring (bicyclic) bond motifs is 1. The molecule has 2 fully saturated rings. The quantitative estimate of drug-likeness (QED) is 0.191. The maximum atomic E-state index is 13.9. The van der Waals surface area contributed by atoms with E-state index in [1.807, 2.05) is 12.1 Å². The van der Waals surface area contributed by atoms with Gasteiger partial charge in [0.05, 0.1) is 28.2 Å². The van der Waals surface area contributed by atoms with E-state index in [0.717, 1.165) is 17.2 Å². The maximum absolute atomic E-state index is 13.9. The molecule has 1 saturated carbocycles. The maximum Gasteiger partial charge on any atom is 0.335 e. The van der Waals surface area contributed by atoms with E-state index in [2.05, 4.69) is 11.5 Å². The van der Waals surface area contributed by atoms with E-state index in [1.165, 1.54) is 17.0 Å². The number of benzene rings is 2. The van der Waals surface area contributed by atoms with Crippen molar-refractivity contribution in [2.24, 2.45) is 0 Å². The summed E-state index contributed by atoms with van der Waals surface area (Å²) in [5.41, 5.74) is 0.0127. The average Bonchev–Trinajstić information content (AvgIpc) is 3.47. The first-order chi connectivity index (χ1) is 21.3. The molecular weight excluding hydrogens is 595 g/mol. The number of rotatable bonds is 6. The predicted molar refractivity (Wildman–Crippen MR) is 150 cm³/mol. The molecule has 6 N–H and O–H groups in total. The van der Waals surface area contributed by atoms with Crippen molar-refractivity contribution in [2.75, 3.05) is 13.1 Å². The Labute approximate surface area is 255 Å². The number of halogens is 1. The molecule has 2 aliphatic carbocycles. The van der Waals surface area contributed by atoms with Crippen LogP contribution in [0.5, 0.6) is 11.5 Å². The Morgan fingerprint density at radius 2 is 1.73 bits per heavy atom. The summed E-state index contributed by atoms with van der Waals surface area (Å²) in [5, 5.41) is 55.7. The molecule has 2 unspecified atom stereocenters. The molecule has 7 atom stereocenters. The van der Waals surface area contributed by atoms with Gasteiger partial charge in [0, 0.05) is 18.2 Å². The van der Waals surface area contributed by atoms with Crippen LogP contribution in [0.15, 0.2) is 43.0 Å². The Hall–Kier alpha value is -4.37. The van der Waals surface area contributed by atoms with E-state index in [4.69, 9.17) is 25.2 Å². The molecule has 45 heavy (non-hydrogen) atoms. The van der Waals surface area contributed by atoms with Crippen LogP contribution in [0.4, 0.5) is 4.39 Å². The lowest BCUT2D eigenvalue weighted by Crippen LogP contribution is -2.78. The number of aliphatic hydroxyl groups excluding tert-OH is 2. The second-order valence-electron chi connectivity index (χ2n) is 12.0. The number of carbonyl (C=O) groups is 4. The van der Waals surface area contributed by atoms with Gasteiger partial charge in [0.1, 0.15) is 11.9 Å². The van der Waals surface area contributed by atoms with Crippen LogP contribution < -0.4 is 4.74 Å². The first-order valence-corrected chi connectivity index (χ1v) is 14.4. The third-order valence-electron chi connectivity index (χ3n) is 9.92. The zero-order chi connectivity index (χ0) is 32.6. The van der Waals surface area contributed by atoms with Crippen molar-refractivity contribution in [1.82, 2.24) is 9.80 Å². The minimum absolute atomic E-state index is 0.00923. The van der Waals surface area contributed by atoms with E-state index in [9.17, 15) is 33.8 Å². The molecule has 2 aromatic carbocycles. The number of amides is 2. The number of piperidine rings is 1. The van der Waals surface area contributed by atoms with Crippen LogP contribution >= 0.6 is 0 Å². The van der Waals surface area contributed by atoms with Gasteiger partial charge in [0.15, 0.2) is 23.7 Å². The minimum atomic E-state index is -2.27. The molecule has 1 saturated heterocycles. The summed E-state index contributed by atoms with van der Waals surface area (Å²) in [7, 11) is 0. The van der Waals surface area contributed by atoms with Gasteiger partial charge in [0.2, 0.25) is 0 Å². The average molecular weight is 627 g/mol. The normalized spacial score (nSPS) is 30.3. The van der Waals surface area contributed by atoms with Crippen molar-refractivity contribution >= 4 is 23.8 Å². The van der Waals surface area contributed by atoms with Crippen molar-refractivity contribution < 1.29 is 58.9 Å². The highest BCUT2D eigenvalue weighted by atomic mass is 19.1. The number of carbonyl (C=O) groups excluding carboxylic acids is 2. The Morgan fingerprint density at radius 3 is 2.38 bits per heavy atom. The number of carboxylic acid groups (broad SMARTS) is 2. The fraction of sp³-hybridized carbons (Fsp3) is 0.419. The van der Waals surface area contributed by atoms with Gasteiger partial charge < -0.3 is 35.4 Å². The summed E-state index contributed by atoms with van der Waals surface area (Å²) in [6.07, 6.45) is -1.53. The highest BCUT2D eigenvalue weighted by Crippen LogP contribution is 2.66. The summed E-state index contributed by atoms with van der Waals surface area (Å²) in [5.74, 6) is -4.80. The van der Waals surface area contributed by atoms with Crippen LogP contribution in [0, 0.1) is 5.82 Å². The van der Waals surface area contributed by atoms with Crippen molar-refractivity contribution in [3.05, 3.63) is 71.1 Å². The van der Waals surface area contributed by atoms with Gasteiger partial charge in [-0.3, -0.25) is 19.4 Å². The van der Waals surface area contributed by atoms with Crippen LogP contribution in [-0.2, 0) is 21.4 Å². The zero-order valence-corrected chi connectivity index (χ0v) is 23.8.